The van der Waals surface area contributed by atoms with Gasteiger partial charge in [0.05, 0.1) is 13.7 Å². The lowest BCUT2D eigenvalue weighted by Crippen LogP contribution is -2.36. The van der Waals surface area contributed by atoms with Crippen molar-refractivity contribution in [3.63, 3.8) is 0 Å². The number of aromatic amines is 1. The molecule has 0 radical (unpaired) electrons. The molecule has 0 atom stereocenters. The van der Waals surface area contributed by atoms with Gasteiger partial charge in [-0.2, -0.15) is 0 Å². The minimum atomic E-state index is 0.643. The minimum Gasteiger partial charge on any atom is -0.497 e. The maximum absolute atomic E-state index is 5.84. The Morgan fingerprint density at radius 2 is 1.79 bits per heavy atom. The van der Waals surface area contributed by atoms with E-state index in [1.807, 2.05) is 61.8 Å². The number of nitrogens with zero attached hydrogens (tertiary/aromatic N) is 2. The number of anilines is 1. The number of H-pyrrole nitrogens is 1. The number of methoxy groups -OCH3 is 1. The largest absolute Gasteiger partial charge is 0.497 e. The molecule has 0 aliphatic heterocycles. The summed E-state index contributed by atoms with van der Waals surface area (Å²) in [4.78, 5) is 9.83. The number of hydrogen-bond donors (Lipinski definition) is 2. The summed E-state index contributed by atoms with van der Waals surface area (Å²) < 4.78 is 11.0. The van der Waals surface area contributed by atoms with Crippen molar-refractivity contribution >= 4 is 33.9 Å². The third kappa shape index (κ3) is 5.66. The van der Waals surface area contributed by atoms with Gasteiger partial charge in [0.15, 0.2) is 5.11 Å². The van der Waals surface area contributed by atoms with E-state index < -0.39 is 0 Å². The Labute approximate surface area is 205 Å². The van der Waals surface area contributed by atoms with Crippen molar-refractivity contribution in [1.29, 1.82) is 0 Å². The van der Waals surface area contributed by atoms with Gasteiger partial charge in [-0.15, -0.1) is 0 Å². The van der Waals surface area contributed by atoms with Gasteiger partial charge in [-0.3, -0.25) is 4.98 Å². The van der Waals surface area contributed by atoms with Crippen molar-refractivity contribution in [1.82, 2.24) is 14.9 Å². The van der Waals surface area contributed by atoms with Crippen molar-refractivity contribution in [3.05, 3.63) is 83.8 Å². The second kappa shape index (κ2) is 11.0. The number of rotatable bonds is 9. The molecule has 0 fully saturated rings. The fraction of sp³-hybridized carbons (Fsp3) is 0.259. The van der Waals surface area contributed by atoms with Crippen LogP contribution >= 0.6 is 12.2 Å². The lowest BCUT2D eigenvalue weighted by Gasteiger charge is -2.26. The maximum atomic E-state index is 5.84. The molecule has 4 aromatic rings. The molecule has 34 heavy (non-hydrogen) atoms. The normalized spacial score (nSPS) is 10.8. The van der Waals surface area contributed by atoms with Crippen LogP contribution < -0.4 is 14.8 Å². The molecule has 6 nitrogen and oxygen atoms in total. The molecule has 0 saturated heterocycles. The lowest BCUT2D eigenvalue weighted by molar-refractivity contribution is 0.340. The van der Waals surface area contributed by atoms with E-state index in [0.29, 0.717) is 18.3 Å². The van der Waals surface area contributed by atoms with Gasteiger partial charge in [0.25, 0.3) is 0 Å². The molecule has 0 amide bonds. The van der Waals surface area contributed by atoms with Crippen molar-refractivity contribution in [3.8, 4) is 11.5 Å². The number of aryl methyl sites for hydroxylation is 1. The first kappa shape index (κ1) is 23.6. The molecule has 0 saturated carbocycles. The van der Waals surface area contributed by atoms with Crippen molar-refractivity contribution < 1.29 is 9.47 Å². The third-order valence-corrected chi connectivity index (χ3v) is 6.15. The summed E-state index contributed by atoms with van der Waals surface area (Å²) in [6.07, 6.45) is 4.47. The average Bonchev–Trinajstić information content (AvgIpc) is 3.17. The number of aromatic nitrogens is 2. The molecule has 0 unspecified atom stereocenters. The van der Waals surface area contributed by atoms with Crippen molar-refractivity contribution in [2.45, 2.75) is 26.8 Å². The van der Waals surface area contributed by atoms with Crippen LogP contribution in [0.2, 0.25) is 0 Å². The van der Waals surface area contributed by atoms with E-state index >= 15 is 0 Å². The van der Waals surface area contributed by atoms with Gasteiger partial charge in [0.1, 0.15) is 11.5 Å². The van der Waals surface area contributed by atoms with Gasteiger partial charge in [0.2, 0.25) is 0 Å². The third-order valence-electron chi connectivity index (χ3n) is 5.79. The van der Waals surface area contributed by atoms with E-state index in [4.69, 9.17) is 21.7 Å². The molecule has 0 bridgehead atoms. The Morgan fingerprint density at radius 1 is 1.06 bits per heavy atom. The van der Waals surface area contributed by atoms with Gasteiger partial charge in [-0.05, 0) is 98.2 Å². The number of benzene rings is 2. The minimum absolute atomic E-state index is 0.643. The highest BCUT2D eigenvalue weighted by molar-refractivity contribution is 7.80. The van der Waals surface area contributed by atoms with Crippen LogP contribution in [0.5, 0.6) is 11.5 Å². The van der Waals surface area contributed by atoms with Crippen LogP contribution in [0.3, 0.4) is 0 Å². The number of ether oxygens (including phenoxy) is 2. The standard InChI is InChI=1S/C27H30N4O2S/c1-4-33-22-7-5-21(6-8-22)30-27(34)31(18-20-11-14-28-15-12-20)16-13-24-19(2)29-26-10-9-23(32-3)17-25(24)26/h5-12,14-15,17,29H,4,13,16,18H2,1-3H3,(H,30,34). The van der Waals surface area contributed by atoms with Crippen LogP contribution in [0.15, 0.2) is 67.0 Å². The molecule has 0 spiro atoms. The van der Waals surface area contributed by atoms with Crippen LogP contribution in [-0.2, 0) is 13.0 Å². The van der Waals surface area contributed by atoms with Crippen LogP contribution in [0.25, 0.3) is 10.9 Å². The Balaban J connectivity index is 1.53. The summed E-state index contributed by atoms with van der Waals surface area (Å²) in [5, 5.41) is 5.25. The Hall–Kier alpha value is -3.58. The molecule has 2 heterocycles. The monoisotopic (exact) mass is 474 g/mol. The highest BCUT2D eigenvalue weighted by atomic mass is 32.1. The molecule has 2 N–H and O–H groups in total. The van der Waals surface area contributed by atoms with E-state index in [-0.39, 0.29) is 0 Å². The van der Waals surface area contributed by atoms with Crippen molar-refractivity contribution in [2.75, 3.05) is 25.6 Å². The molecule has 176 valence electrons. The zero-order valence-electron chi connectivity index (χ0n) is 19.8. The lowest BCUT2D eigenvalue weighted by atomic mass is 10.1. The van der Waals surface area contributed by atoms with Crippen molar-refractivity contribution in [2.24, 2.45) is 0 Å². The van der Waals surface area contributed by atoms with E-state index in [2.05, 4.69) is 39.2 Å². The molecule has 0 aliphatic rings. The zero-order valence-corrected chi connectivity index (χ0v) is 20.6. The number of nitrogens with one attached hydrogen (secondary N) is 2. The van der Waals surface area contributed by atoms with E-state index in [1.54, 1.807) is 7.11 Å². The molecule has 2 aromatic carbocycles. The van der Waals surface area contributed by atoms with E-state index in [0.717, 1.165) is 46.9 Å². The fourth-order valence-electron chi connectivity index (χ4n) is 4.02. The van der Waals surface area contributed by atoms with Gasteiger partial charge in [-0.1, -0.05) is 0 Å². The first-order valence-corrected chi connectivity index (χ1v) is 11.8. The topological polar surface area (TPSA) is 62.4 Å². The average molecular weight is 475 g/mol. The number of thiocarbonyl (C=S) groups is 1. The van der Waals surface area contributed by atoms with Gasteiger partial charge < -0.3 is 24.7 Å². The Morgan fingerprint density at radius 3 is 2.50 bits per heavy atom. The van der Waals surface area contributed by atoms with Gasteiger partial charge in [0, 0.05) is 47.8 Å². The predicted octanol–water partition coefficient (Wildman–Crippen LogP) is 5.72. The van der Waals surface area contributed by atoms with Crippen LogP contribution in [0, 0.1) is 6.92 Å². The molecule has 4 rings (SSSR count). The summed E-state index contributed by atoms with van der Waals surface area (Å²) in [5.41, 5.74) is 5.64. The summed E-state index contributed by atoms with van der Waals surface area (Å²) in [5.74, 6) is 1.70. The second-order valence-corrected chi connectivity index (χ2v) is 8.44. The van der Waals surface area contributed by atoms with Gasteiger partial charge in [-0.25, -0.2) is 0 Å². The quantitative estimate of drug-likeness (QED) is 0.303. The highest BCUT2D eigenvalue weighted by Gasteiger charge is 2.15. The van der Waals surface area contributed by atoms with Crippen LogP contribution in [0.1, 0.15) is 23.7 Å². The molecular formula is C27H30N4O2S. The summed E-state index contributed by atoms with van der Waals surface area (Å²) in [6, 6.07) is 18.1. The molecular weight excluding hydrogens is 444 g/mol. The maximum Gasteiger partial charge on any atom is 0.173 e. The van der Waals surface area contributed by atoms with Crippen LogP contribution in [0.4, 0.5) is 5.69 Å². The summed E-state index contributed by atoms with van der Waals surface area (Å²) >= 11 is 5.84. The zero-order chi connectivity index (χ0) is 23.9. The molecule has 2 aromatic heterocycles. The predicted molar refractivity (Wildman–Crippen MR) is 142 cm³/mol. The first-order valence-electron chi connectivity index (χ1n) is 11.4. The first-order chi connectivity index (χ1) is 16.6. The van der Waals surface area contributed by atoms with Gasteiger partial charge >= 0.3 is 0 Å². The number of hydrogen-bond acceptors (Lipinski definition) is 4. The summed E-state index contributed by atoms with van der Waals surface area (Å²) in [6.45, 7) is 6.19. The number of fused-ring (bicyclic) bond motifs is 1. The smallest absolute Gasteiger partial charge is 0.173 e. The number of pyridine rings is 1. The second-order valence-electron chi connectivity index (χ2n) is 8.05. The SMILES string of the molecule is CCOc1ccc(NC(=S)N(CCc2c(C)[nH]c3ccc(OC)cc23)Cc2ccncc2)cc1. The molecule has 0 aliphatic carbocycles. The summed E-state index contributed by atoms with van der Waals surface area (Å²) in [7, 11) is 1.70. The molecule has 7 heteroatoms. The van der Waals surface area contributed by atoms with Crippen LogP contribution in [-0.4, -0.2) is 40.2 Å². The highest BCUT2D eigenvalue weighted by Crippen LogP contribution is 2.27. The fourth-order valence-corrected chi connectivity index (χ4v) is 4.30. The van der Waals surface area contributed by atoms with E-state index in [1.165, 1.54) is 10.9 Å². The Bertz CT molecular complexity index is 1240. The Kier molecular flexibility index (Phi) is 7.65. The van der Waals surface area contributed by atoms with E-state index in [9.17, 15) is 0 Å².